The molecule has 0 saturated carbocycles. The van der Waals surface area contributed by atoms with Crippen molar-refractivity contribution in [2.24, 2.45) is 5.73 Å². The number of nitrogens with zero attached hydrogens (tertiary/aromatic N) is 2. The van der Waals surface area contributed by atoms with Crippen molar-refractivity contribution in [3.05, 3.63) is 17.7 Å². The molecular formula is C11H19N3. The van der Waals surface area contributed by atoms with Crippen molar-refractivity contribution < 1.29 is 0 Å². The van der Waals surface area contributed by atoms with E-state index in [0.29, 0.717) is 0 Å². The van der Waals surface area contributed by atoms with Gasteiger partial charge in [0.15, 0.2) is 0 Å². The van der Waals surface area contributed by atoms with E-state index in [4.69, 9.17) is 5.73 Å². The second-order valence-corrected chi connectivity index (χ2v) is 5.15. The minimum Gasteiger partial charge on any atom is -0.316 e. The molecule has 0 saturated heterocycles. The molecular weight excluding hydrogens is 174 g/mol. The molecule has 2 N–H and O–H groups in total. The van der Waals surface area contributed by atoms with Gasteiger partial charge in [0.1, 0.15) is 5.82 Å². The minimum atomic E-state index is 0.0905. The van der Waals surface area contributed by atoms with Crippen molar-refractivity contribution in [3.63, 3.8) is 0 Å². The molecule has 1 aromatic heterocycles. The van der Waals surface area contributed by atoms with Gasteiger partial charge in [0.05, 0.1) is 6.17 Å². The summed E-state index contributed by atoms with van der Waals surface area (Å²) in [5.74, 6) is 1.12. The standard InChI is InChI=1S/C11H19N3/c1-11(2,3)10-13-7-8-5-4-6-9(12)14(8)10/h7,9H,4-6,12H2,1-3H3. The quantitative estimate of drug-likeness (QED) is 0.684. The van der Waals surface area contributed by atoms with E-state index in [0.717, 1.165) is 18.7 Å². The highest BCUT2D eigenvalue weighted by Crippen LogP contribution is 2.29. The number of aromatic nitrogens is 2. The molecule has 1 atom stereocenters. The van der Waals surface area contributed by atoms with E-state index in [9.17, 15) is 0 Å². The first kappa shape index (κ1) is 9.71. The lowest BCUT2D eigenvalue weighted by molar-refractivity contribution is 0.373. The Labute approximate surface area is 85.3 Å². The van der Waals surface area contributed by atoms with Gasteiger partial charge in [-0.1, -0.05) is 20.8 Å². The Morgan fingerprint density at radius 1 is 1.50 bits per heavy atom. The average Bonchev–Trinajstić information content (AvgIpc) is 2.47. The third kappa shape index (κ3) is 1.46. The topological polar surface area (TPSA) is 43.8 Å². The fraction of sp³-hybridized carbons (Fsp3) is 0.727. The van der Waals surface area contributed by atoms with Gasteiger partial charge in [0.2, 0.25) is 0 Å². The zero-order chi connectivity index (χ0) is 10.3. The first-order valence-corrected chi connectivity index (χ1v) is 5.32. The third-order valence-electron chi connectivity index (χ3n) is 2.81. The van der Waals surface area contributed by atoms with Crippen LogP contribution in [0.4, 0.5) is 0 Å². The van der Waals surface area contributed by atoms with Gasteiger partial charge in [-0.2, -0.15) is 0 Å². The molecule has 0 fully saturated rings. The Hall–Kier alpha value is -0.830. The van der Waals surface area contributed by atoms with Gasteiger partial charge in [-0.15, -0.1) is 0 Å². The Morgan fingerprint density at radius 3 is 2.86 bits per heavy atom. The average molecular weight is 193 g/mol. The van der Waals surface area contributed by atoms with E-state index in [1.165, 1.54) is 12.1 Å². The highest BCUT2D eigenvalue weighted by Gasteiger charge is 2.26. The van der Waals surface area contributed by atoms with Crippen LogP contribution in [0.3, 0.4) is 0 Å². The monoisotopic (exact) mass is 193 g/mol. The molecule has 1 unspecified atom stereocenters. The van der Waals surface area contributed by atoms with Gasteiger partial charge in [0.25, 0.3) is 0 Å². The van der Waals surface area contributed by atoms with Gasteiger partial charge in [-0.25, -0.2) is 4.98 Å². The predicted octanol–water partition coefficient (Wildman–Crippen LogP) is 1.97. The Morgan fingerprint density at radius 2 is 2.21 bits per heavy atom. The molecule has 3 nitrogen and oxygen atoms in total. The summed E-state index contributed by atoms with van der Waals surface area (Å²) in [6.45, 7) is 6.55. The van der Waals surface area contributed by atoms with Crippen LogP contribution in [0, 0.1) is 0 Å². The number of nitrogens with two attached hydrogens (primary N) is 1. The van der Waals surface area contributed by atoms with Crippen LogP contribution >= 0.6 is 0 Å². The first-order valence-electron chi connectivity index (χ1n) is 5.32. The fourth-order valence-electron chi connectivity index (χ4n) is 2.13. The number of imidazole rings is 1. The zero-order valence-electron chi connectivity index (χ0n) is 9.25. The number of rotatable bonds is 0. The molecule has 0 bridgehead atoms. The fourth-order valence-corrected chi connectivity index (χ4v) is 2.13. The van der Waals surface area contributed by atoms with Crippen molar-refractivity contribution in [2.75, 3.05) is 0 Å². The zero-order valence-corrected chi connectivity index (χ0v) is 9.25. The molecule has 0 radical (unpaired) electrons. The van der Waals surface area contributed by atoms with Gasteiger partial charge < -0.3 is 10.3 Å². The van der Waals surface area contributed by atoms with Crippen LogP contribution in [0.25, 0.3) is 0 Å². The van der Waals surface area contributed by atoms with E-state index in [1.54, 1.807) is 0 Å². The van der Waals surface area contributed by atoms with Crippen molar-refractivity contribution in [1.29, 1.82) is 0 Å². The maximum Gasteiger partial charge on any atom is 0.115 e. The summed E-state index contributed by atoms with van der Waals surface area (Å²) >= 11 is 0. The molecule has 1 aromatic rings. The Balaban J connectivity index is 2.49. The highest BCUT2D eigenvalue weighted by molar-refractivity contribution is 5.15. The van der Waals surface area contributed by atoms with Gasteiger partial charge in [-0.05, 0) is 19.3 Å². The smallest absolute Gasteiger partial charge is 0.115 e. The third-order valence-corrected chi connectivity index (χ3v) is 2.81. The maximum atomic E-state index is 6.11. The van der Waals surface area contributed by atoms with Gasteiger partial charge in [0, 0.05) is 17.3 Å². The van der Waals surface area contributed by atoms with Crippen LogP contribution < -0.4 is 5.73 Å². The molecule has 14 heavy (non-hydrogen) atoms. The second-order valence-electron chi connectivity index (χ2n) is 5.15. The minimum absolute atomic E-state index is 0.0905. The van der Waals surface area contributed by atoms with E-state index in [-0.39, 0.29) is 11.6 Å². The summed E-state index contributed by atoms with van der Waals surface area (Å²) in [5.41, 5.74) is 7.50. The summed E-state index contributed by atoms with van der Waals surface area (Å²) in [6, 6.07) is 0. The van der Waals surface area contributed by atoms with Crippen LogP contribution in [0.5, 0.6) is 0 Å². The highest BCUT2D eigenvalue weighted by atomic mass is 15.2. The molecule has 3 heteroatoms. The predicted molar refractivity (Wildman–Crippen MR) is 57.1 cm³/mol. The molecule has 2 heterocycles. The Kier molecular flexibility index (Phi) is 2.14. The van der Waals surface area contributed by atoms with Crippen LogP contribution in [0.15, 0.2) is 6.20 Å². The number of hydrogen-bond donors (Lipinski definition) is 1. The van der Waals surface area contributed by atoms with E-state index < -0.39 is 0 Å². The molecule has 0 aromatic carbocycles. The number of fused-ring (bicyclic) bond motifs is 1. The maximum absolute atomic E-state index is 6.11. The van der Waals surface area contributed by atoms with E-state index in [2.05, 4.69) is 30.3 Å². The molecule has 78 valence electrons. The molecule has 0 aliphatic carbocycles. The molecule has 0 amide bonds. The van der Waals surface area contributed by atoms with Crippen LogP contribution in [0.2, 0.25) is 0 Å². The number of hydrogen-bond acceptors (Lipinski definition) is 2. The van der Waals surface area contributed by atoms with Crippen molar-refractivity contribution in [1.82, 2.24) is 9.55 Å². The molecule has 1 aliphatic heterocycles. The van der Waals surface area contributed by atoms with Gasteiger partial charge in [-0.3, -0.25) is 0 Å². The lowest BCUT2D eigenvalue weighted by Gasteiger charge is -2.28. The van der Waals surface area contributed by atoms with Crippen molar-refractivity contribution >= 4 is 0 Å². The Bertz CT molecular complexity index is 333. The van der Waals surface area contributed by atoms with Crippen molar-refractivity contribution in [2.45, 2.75) is 51.6 Å². The summed E-state index contributed by atoms with van der Waals surface area (Å²) in [6.07, 6.45) is 5.51. The summed E-state index contributed by atoms with van der Waals surface area (Å²) in [4.78, 5) is 4.50. The largest absolute Gasteiger partial charge is 0.316 e. The van der Waals surface area contributed by atoms with Gasteiger partial charge >= 0.3 is 0 Å². The summed E-state index contributed by atoms with van der Waals surface area (Å²) < 4.78 is 2.23. The van der Waals surface area contributed by atoms with Crippen molar-refractivity contribution in [3.8, 4) is 0 Å². The lowest BCUT2D eigenvalue weighted by Crippen LogP contribution is -2.30. The summed E-state index contributed by atoms with van der Waals surface area (Å²) in [5, 5.41) is 0. The lowest BCUT2D eigenvalue weighted by atomic mass is 9.95. The van der Waals surface area contributed by atoms with Crippen LogP contribution in [0.1, 0.15) is 51.3 Å². The van der Waals surface area contributed by atoms with Crippen LogP contribution in [-0.4, -0.2) is 9.55 Å². The first-order chi connectivity index (χ1) is 6.50. The molecule has 1 aliphatic rings. The van der Waals surface area contributed by atoms with E-state index >= 15 is 0 Å². The SMILES string of the molecule is CC(C)(C)c1ncc2n1C(N)CCC2. The normalized spacial score (nSPS) is 22.1. The molecule has 0 spiro atoms. The number of aryl methyl sites for hydroxylation is 1. The van der Waals surface area contributed by atoms with Crippen LogP contribution in [-0.2, 0) is 11.8 Å². The van der Waals surface area contributed by atoms with E-state index in [1.807, 2.05) is 6.20 Å². The molecule has 2 rings (SSSR count). The second kappa shape index (κ2) is 3.09. The summed E-state index contributed by atoms with van der Waals surface area (Å²) in [7, 11) is 0.